The molecule has 4 aliphatic heterocycles. The molecule has 4 rings (SSSR count). The van der Waals surface area contributed by atoms with Crippen molar-refractivity contribution in [1.29, 1.82) is 0 Å². The monoisotopic (exact) mass is 1170 g/mol. The van der Waals surface area contributed by atoms with Crippen LogP contribution in [-0.2, 0) is 33.3 Å². The maximum atomic E-state index is 12.8. The third-order valence-corrected chi connectivity index (χ3v) is 15.5. The smallest absolute Gasteiger partial charge is 0.311 e. The number of hydrogen-bond acceptors (Lipinski definition) is 23. The summed E-state index contributed by atoms with van der Waals surface area (Å²) in [5.41, 5.74) is 0. The van der Waals surface area contributed by atoms with Crippen molar-refractivity contribution in [2.75, 3.05) is 40.3 Å². The van der Waals surface area contributed by atoms with Crippen LogP contribution < -0.4 is 0 Å². The normalized spacial score (nSPS) is 44.4. The van der Waals surface area contributed by atoms with Gasteiger partial charge in [-0.1, -0.05) is 98.9 Å². The number of fused-ring (bicyclic) bond motifs is 2. The van der Waals surface area contributed by atoms with Gasteiger partial charge >= 0.3 is 11.9 Å². The first-order valence-electron chi connectivity index (χ1n) is 28.3. The predicted molar refractivity (Wildman–Crippen MR) is 296 cm³/mol. The highest BCUT2D eigenvalue weighted by atomic mass is 16.7. The van der Waals surface area contributed by atoms with Crippen molar-refractivity contribution in [3.8, 4) is 0 Å². The van der Waals surface area contributed by atoms with Crippen molar-refractivity contribution in [3.05, 3.63) is 85.1 Å². The molecule has 23 atom stereocenters. The molecule has 0 amide bonds. The molecule has 4 aliphatic rings. The topological polar surface area (TPSA) is 390 Å². The zero-order valence-electron chi connectivity index (χ0n) is 47.9. The van der Waals surface area contributed by atoms with E-state index in [2.05, 4.69) is 0 Å². The third kappa shape index (κ3) is 22.0. The van der Waals surface area contributed by atoms with E-state index in [0.717, 1.165) is 0 Å². The Bertz CT molecular complexity index is 2140. The number of carbonyl (C=O) groups is 2. The molecule has 3 saturated heterocycles. The highest BCUT2D eigenvalue weighted by Gasteiger charge is 2.54. The lowest BCUT2D eigenvalue weighted by molar-refractivity contribution is -0.336. The van der Waals surface area contributed by atoms with E-state index in [1.807, 2.05) is 25.9 Å². The molecule has 468 valence electrons. The van der Waals surface area contributed by atoms with Crippen molar-refractivity contribution >= 4 is 11.9 Å². The fraction of sp³-hybridized carbons (Fsp3) is 0.724. The second-order valence-electron chi connectivity index (χ2n) is 22.8. The first kappa shape index (κ1) is 70.8. The molecule has 24 nitrogen and oxygen atoms in total. The number of ether oxygens (including phenoxy) is 5. The van der Waals surface area contributed by atoms with E-state index in [9.17, 15) is 86.2 Å². The Kier molecular flexibility index (Phi) is 29.2. The highest BCUT2D eigenvalue weighted by molar-refractivity contribution is 5.71. The summed E-state index contributed by atoms with van der Waals surface area (Å²) in [7, 11) is 3.64. The molecule has 0 aromatic rings. The van der Waals surface area contributed by atoms with Gasteiger partial charge in [-0.15, -0.1) is 0 Å². The fourth-order valence-corrected chi connectivity index (χ4v) is 10.6. The third-order valence-electron chi connectivity index (χ3n) is 15.5. The number of rotatable bonds is 10. The summed E-state index contributed by atoms with van der Waals surface area (Å²) in [5, 5.41) is 166. The van der Waals surface area contributed by atoms with Crippen molar-refractivity contribution in [2.24, 2.45) is 17.8 Å². The molecule has 24 heteroatoms. The molecular weight excluding hydrogens is 1080 g/mol. The van der Waals surface area contributed by atoms with Gasteiger partial charge in [-0.2, -0.15) is 0 Å². The number of carbonyl (C=O) groups excluding carboxylic acids is 1. The lowest BCUT2D eigenvalue weighted by Gasteiger charge is -2.50. The Hall–Kier alpha value is -3.68. The standard InChI is InChI=1S/C58H94N2O22/c1-34-20-17-15-13-11-9-7-8-10-12-14-16-18-21-41(81-56-53(72)49(51(70)37(4)80-56)60(25-19-24-59(5)6)33-58(77)54(73)52(71)45(67)32-78-58)29-46-48(55(74)75)44(66)31-57(76,82-46)30-40(63)27-43(65)42(64)23-22-38(61)26-39(62)28-47(68)79-36(3)35(2)50(34)69/h7-18,20-21,34-46,48-54,56,61-67,69-73,76-77H,19,22-33H2,1-6H3,(H,74,75)/b8-7+,11-9+,12-10+,15-13+,16-14+,20-17+,21-18+/t34-,35-,36-,37-,38+,39+,40-,41-,42+,43+,44-,45+,46-,48+,49-,50+,51+,52+,53-,54-,56-,57+,58+/m0/s1. The number of allylic oxidation sites excluding steroid dienone is 12. The van der Waals surface area contributed by atoms with Crippen molar-refractivity contribution in [3.63, 3.8) is 0 Å². The van der Waals surface area contributed by atoms with Crippen LogP contribution in [-0.4, -0.2) is 260 Å². The number of carboxylic acids is 1. The average Bonchev–Trinajstić information content (AvgIpc) is 3.59. The molecular formula is C58H94N2O22. The van der Waals surface area contributed by atoms with Crippen molar-refractivity contribution < 1.29 is 110 Å². The van der Waals surface area contributed by atoms with Gasteiger partial charge in [-0.25, -0.2) is 0 Å². The van der Waals surface area contributed by atoms with Gasteiger partial charge < -0.3 is 105 Å². The predicted octanol–water partition coefficient (Wildman–Crippen LogP) is -1.19. The molecule has 0 unspecified atom stereocenters. The van der Waals surface area contributed by atoms with Crippen LogP contribution in [0.3, 0.4) is 0 Å². The van der Waals surface area contributed by atoms with Crippen LogP contribution in [0.5, 0.6) is 0 Å². The van der Waals surface area contributed by atoms with Gasteiger partial charge in [0.25, 0.3) is 0 Å². The summed E-state index contributed by atoms with van der Waals surface area (Å²) < 4.78 is 29.5. The van der Waals surface area contributed by atoms with Crippen LogP contribution >= 0.6 is 0 Å². The maximum absolute atomic E-state index is 12.8. The van der Waals surface area contributed by atoms with Gasteiger partial charge in [0.15, 0.2) is 12.1 Å². The van der Waals surface area contributed by atoms with Crippen LogP contribution in [0.15, 0.2) is 85.1 Å². The minimum absolute atomic E-state index is 0.0727. The number of esters is 1. The fourth-order valence-electron chi connectivity index (χ4n) is 10.6. The quantitative estimate of drug-likeness (QED) is 0.114. The molecule has 0 saturated carbocycles. The molecule has 0 radical (unpaired) electrons. The van der Waals surface area contributed by atoms with E-state index < -0.39 is 191 Å². The minimum Gasteiger partial charge on any atom is -0.481 e. The number of nitrogens with zero attached hydrogens (tertiary/aromatic N) is 2. The van der Waals surface area contributed by atoms with Crippen LogP contribution in [0.4, 0.5) is 0 Å². The first-order chi connectivity index (χ1) is 38.6. The second kappa shape index (κ2) is 33.9. The number of aliphatic carboxylic acids is 1. The van der Waals surface area contributed by atoms with Crippen LogP contribution in [0.2, 0.25) is 0 Å². The van der Waals surface area contributed by atoms with E-state index in [1.54, 1.807) is 86.8 Å². The number of aliphatic hydroxyl groups excluding tert-OH is 12. The minimum atomic E-state index is -2.49. The SMILES string of the molecule is C[C@@H]1[C@H](O)[C@@H](C)/C=C/C=C/C=C/C=C/C=C/C=C/C=C/[C@H](O[C@@H]2O[C@@H](C)[C@@H](O)[C@H](N(CCCN(C)C)C[C@@]3(O)OC[C@@H](O)[C@@H](O)[C@@H]3O)[C@@H]2O)C[C@@H]2O[C@](O)(C[C@@H](O)C[C@@H](O)[C@H](O)CC[C@@H](O)C[C@@H](O)CC(=O)O[C@H]1C)C[C@H](O)[C@H]2C(=O)O. The summed E-state index contributed by atoms with van der Waals surface area (Å²) >= 11 is 0. The van der Waals surface area contributed by atoms with E-state index >= 15 is 0 Å². The van der Waals surface area contributed by atoms with Crippen LogP contribution in [0.1, 0.15) is 85.5 Å². The zero-order chi connectivity index (χ0) is 61.1. The van der Waals surface area contributed by atoms with Crippen LogP contribution in [0.25, 0.3) is 0 Å². The van der Waals surface area contributed by atoms with E-state index in [4.69, 9.17) is 23.7 Å². The Morgan fingerprint density at radius 3 is 1.84 bits per heavy atom. The largest absolute Gasteiger partial charge is 0.481 e. The number of carboxylic acid groups (broad SMARTS) is 1. The molecule has 82 heavy (non-hydrogen) atoms. The van der Waals surface area contributed by atoms with E-state index in [1.165, 1.54) is 24.0 Å². The van der Waals surface area contributed by atoms with Crippen molar-refractivity contribution in [2.45, 2.75) is 207 Å². The number of aliphatic hydroxyl groups is 14. The summed E-state index contributed by atoms with van der Waals surface area (Å²) in [4.78, 5) is 28.9. The number of hydrogen-bond donors (Lipinski definition) is 15. The molecule has 0 spiro atoms. The van der Waals surface area contributed by atoms with Gasteiger partial charge in [0, 0.05) is 44.1 Å². The summed E-state index contributed by atoms with van der Waals surface area (Å²) in [6.45, 7) is 6.11. The molecule has 0 aromatic carbocycles. The number of cyclic esters (lactones) is 1. The van der Waals surface area contributed by atoms with Gasteiger partial charge in [0.2, 0.25) is 5.79 Å². The molecule has 15 N–H and O–H groups in total. The van der Waals surface area contributed by atoms with Gasteiger partial charge in [-0.05, 0) is 60.2 Å². The Balaban J connectivity index is 1.66. The molecule has 4 heterocycles. The summed E-state index contributed by atoms with van der Waals surface area (Å²) in [5.74, 6) is -9.68. The molecule has 0 aromatic heterocycles. The average molecular weight is 1170 g/mol. The van der Waals surface area contributed by atoms with E-state index in [0.29, 0.717) is 13.0 Å². The molecule has 2 bridgehead atoms. The molecule has 3 fully saturated rings. The summed E-state index contributed by atoms with van der Waals surface area (Å²) in [6, 6.07) is -1.32. The Morgan fingerprint density at radius 2 is 1.24 bits per heavy atom. The lowest BCUT2D eigenvalue weighted by atomic mass is 9.82. The zero-order valence-corrected chi connectivity index (χ0v) is 47.9. The Labute approximate surface area is 480 Å². The van der Waals surface area contributed by atoms with Gasteiger partial charge in [0.05, 0.1) is 92.8 Å². The lowest BCUT2D eigenvalue weighted by Crippen LogP contribution is -2.69. The maximum Gasteiger partial charge on any atom is 0.311 e. The Morgan fingerprint density at radius 1 is 0.646 bits per heavy atom. The van der Waals surface area contributed by atoms with Crippen LogP contribution in [0, 0.1) is 17.8 Å². The van der Waals surface area contributed by atoms with Gasteiger partial charge in [-0.3, -0.25) is 14.5 Å². The first-order valence-corrected chi connectivity index (χ1v) is 28.3. The summed E-state index contributed by atoms with van der Waals surface area (Å²) in [6.07, 6.45) is -4.04. The second-order valence-corrected chi connectivity index (χ2v) is 22.8. The molecule has 0 aliphatic carbocycles. The van der Waals surface area contributed by atoms with E-state index in [-0.39, 0.29) is 31.7 Å². The van der Waals surface area contributed by atoms with Crippen molar-refractivity contribution in [1.82, 2.24) is 9.80 Å². The van der Waals surface area contributed by atoms with Gasteiger partial charge in [0.1, 0.15) is 36.4 Å². The highest BCUT2D eigenvalue weighted by Crippen LogP contribution is 2.39.